The second-order valence-electron chi connectivity index (χ2n) is 7.29. The zero-order valence-electron chi connectivity index (χ0n) is 14.4. The number of hydrogen-bond acceptors (Lipinski definition) is 3. The molecule has 0 saturated carbocycles. The van der Waals surface area contributed by atoms with Crippen LogP contribution in [0.25, 0.3) is 10.9 Å². The van der Waals surface area contributed by atoms with Crippen molar-refractivity contribution in [2.75, 3.05) is 26.0 Å². The molecular weight excluding hydrogens is 302 g/mol. The molecule has 1 aromatic heterocycles. The fourth-order valence-corrected chi connectivity index (χ4v) is 3.91. The molecule has 128 valence electrons. The maximum absolute atomic E-state index is 12.6. The van der Waals surface area contributed by atoms with Gasteiger partial charge in [0.1, 0.15) is 0 Å². The third kappa shape index (κ3) is 2.94. The molecule has 3 atom stereocenters. The number of likely N-dealkylation sites (N-methyl/N-ethyl adjacent to an activating group) is 1. The minimum atomic E-state index is 0.0139. The van der Waals surface area contributed by atoms with Crippen molar-refractivity contribution in [2.24, 2.45) is 5.92 Å². The Kier molecular flexibility index (Phi) is 4.06. The number of carbonyl (C=O) groups is 1. The molecule has 5 heteroatoms. The molecule has 4 rings (SSSR count). The Bertz CT molecular complexity index is 752. The van der Waals surface area contributed by atoms with Crippen LogP contribution in [0.5, 0.6) is 0 Å². The van der Waals surface area contributed by atoms with Crippen molar-refractivity contribution in [3.8, 4) is 0 Å². The summed E-state index contributed by atoms with van der Waals surface area (Å²) < 4.78 is 8.05. The monoisotopic (exact) mass is 327 g/mol. The van der Waals surface area contributed by atoms with Gasteiger partial charge >= 0.3 is 0 Å². The van der Waals surface area contributed by atoms with Crippen LogP contribution in [-0.2, 0) is 16.1 Å². The van der Waals surface area contributed by atoms with Crippen LogP contribution in [0.2, 0.25) is 0 Å². The van der Waals surface area contributed by atoms with Gasteiger partial charge in [0.05, 0.1) is 23.6 Å². The normalized spacial score (nSPS) is 25.7. The lowest BCUT2D eigenvalue weighted by Gasteiger charge is -2.18. The lowest BCUT2D eigenvalue weighted by Crippen LogP contribution is -2.30. The summed E-state index contributed by atoms with van der Waals surface area (Å²) in [7, 11) is 4.16. The van der Waals surface area contributed by atoms with Gasteiger partial charge in [0.2, 0.25) is 5.91 Å². The summed E-state index contributed by atoms with van der Waals surface area (Å²) in [5.74, 6) is 0.118. The summed E-state index contributed by atoms with van der Waals surface area (Å²) in [4.78, 5) is 14.7. The average Bonchev–Trinajstić information content (AvgIpc) is 3.28. The minimum absolute atomic E-state index is 0.0139. The molecule has 24 heavy (non-hydrogen) atoms. The first kappa shape index (κ1) is 15.7. The van der Waals surface area contributed by atoms with Crippen LogP contribution < -0.4 is 5.32 Å². The van der Waals surface area contributed by atoms with E-state index in [1.165, 1.54) is 10.9 Å². The highest BCUT2D eigenvalue weighted by Gasteiger charge is 2.44. The molecule has 2 fully saturated rings. The summed E-state index contributed by atoms with van der Waals surface area (Å²) in [5, 5.41) is 4.30. The smallest absolute Gasteiger partial charge is 0.230 e. The summed E-state index contributed by atoms with van der Waals surface area (Å²) >= 11 is 0. The van der Waals surface area contributed by atoms with E-state index in [1.807, 2.05) is 6.07 Å². The Balaban J connectivity index is 1.49. The number of hydrogen-bond donors (Lipinski definition) is 1. The first-order chi connectivity index (χ1) is 11.6. The average molecular weight is 327 g/mol. The molecule has 1 N–H and O–H groups in total. The molecule has 0 unspecified atom stereocenters. The molecule has 0 spiro atoms. The van der Waals surface area contributed by atoms with Gasteiger partial charge in [-0.3, -0.25) is 4.79 Å². The number of fused-ring (bicyclic) bond motifs is 3. The van der Waals surface area contributed by atoms with Crippen LogP contribution in [0.1, 0.15) is 19.3 Å². The molecule has 3 heterocycles. The van der Waals surface area contributed by atoms with Gasteiger partial charge in [0, 0.05) is 25.0 Å². The van der Waals surface area contributed by atoms with Crippen molar-refractivity contribution in [1.82, 2.24) is 9.47 Å². The van der Waals surface area contributed by atoms with Crippen molar-refractivity contribution in [3.05, 3.63) is 30.5 Å². The fourth-order valence-electron chi connectivity index (χ4n) is 3.91. The predicted molar refractivity (Wildman–Crippen MR) is 95.1 cm³/mol. The number of carbonyl (C=O) groups excluding carboxylic acids is 1. The van der Waals surface area contributed by atoms with E-state index in [4.69, 9.17) is 4.74 Å². The zero-order valence-corrected chi connectivity index (χ0v) is 14.4. The van der Waals surface area contributed by atoms with E-state index < -0.39 is 0 Å². The number of rotatable bonds is 5. The quantitative estimate of drug-likeness (QED) is 0.918. The number of aromatic nitrogens is 1. The summed E-state index contributed by atoms with van der Waals surface area (Å²) in [6.07, 6.45) is 5.55. The molecule has 5 nitrogen and oxygen atoms in total. The third-order valence-corrected chi connectivity index (χ3v) is 5.27. The highest BCUT2D eigenvalue weighted by atomic mass is 16.5. The van der Waals surface area contributed by atoms with Gasteiger partial charge in [-0.15, -0.1) is 0 Å². The first-order valence-corrected chi connectivity index (χ1v) is 8.80. The first-order valence-electron chi connectivity index (χ1n) is 8.80. The molecule has 1 amide bonds. The van der Waals surface area contributed by atoms with Gasteiger partial charge in [-0.05, 0) is 56.9 Å². The number of nitrogens with one attached hydrogen (secondary N) is 1. The molecular formula is C19H25N3O2. The zero-order chi connectivity index (χ0) is 16.7. The van der Waals surface area contributed by atoms with Gasteiger partial charge in [0.15, 0.2) is 0 Å². The number of ether oxygens (including phenoxy) is 1. The molecule has 0 radical (unpaired) electrons. The van der Waals surface area contributed by atoms with Crippen molar-refractivity contribution in [1.29, 1.82) is 0 Å². The number of benzene rings is 1. The highest BCUT2D eigenvalue weighted by molar-refractivity contribution is 5.95. The van der Waals surface area contributed by atoms with E-state index in [2.05, 4.69) is 53.3 Å². The van der Waals surface area contributed by atoms with Crippen molar-refractivity contribution < 1.29 is 9.53 Å². The van der Waals surface area contributed by atoms with Gasteiger partial charge in [-0.1, -0.05) is 6.07 Å². The van der Waals surface area contributed by atoms with Crippen LogP contribution >= 0.6 is 0 Å². The van der Waals surface area contributed by atoms with Gasteiger partial charge in [-0.2, -0.15) is 0 Å². The molecule has 2 saturated heterocycles. The van der Waals surface area contributed by atoms with E-state index in [0.29, 0.717) is 6.10 Å². The van der Waals surface area contributed by atoms with E-state index >= 15 is 0 Å². The van der Waals surface area contributed by atoms with Gasteiger partial charge in [0.25, 0.3) is 0 Å². The predicted octanol–water partition coefficient (Wildman–Crippen LogP) is 2.71. The molecule has 2 aliphatic heterocycles. The largest absolute Gasteiger partial charge is 0.374 e. The standard InChI is InChI=1S/C19H25N3O2/c1-21(2)9-10-22-8-7-13-3-4-14(11-17(13)22)20-19(23)16-12-15-5-6-18(16)24-15/h3-4,7-8,11,15-16,18H,5-6,9-10,12H2,1-2H3,(H,20,23)/t15-,16+,18-/m1/s1. The fraction of sp³-hybridized carbons (Fsp3) is 0.526. The van der Waals surface area contributed by atoms with E-state index in [-0.39, 0.29) is 17.9 Å². The van der Waals surface area contributed by atoms with Crippen LogP contribution in [0.4, 0.5) is 5.69 Å². The molecule has 2 bridgehead atoms. The maximum Gasteiger partial charge on any atom is 0.230 e. The Labute approximate surface area is 142 Å². The topological polar surface area (TPSA) is 46.5 Å². The number of anilines is 1. The molecule has 1 aromatic carbocycles. The molecule has 0 aliphatic carbocycles. The third-order valence-electron chi connectivity index (χ3n) is 5.27. The van der Waals surface area contributed by atoms with E-state index in [0.717, 1.165) is 38.0 Å². The maximum atomic E-state index is 12.6. The van der Waals surface area contributed by atoms with Crippen LogP contribution in [-0.4, -0.2) is 48.2 Å². The summed E-state index contributed by atoms with van der Waals surface area (Å²) in [5.41, 5.74) is 2.04. The second kappa shape index (κ2) is 6.22. The Morgan fingerprint density at radius 2 is 2.21 bits per heavy atom. The molecule has 2 aliphatic rings. The van der Waals surface area contributed by atoms with Crippen molar-refractivity contribution >= 4 is 22.5 Å². The van der Waals surface area contributed by atoms with Crippen molar-refractivity contribution in [3.63, 3.8) is 0 Å². The minimum Gasteiger partial charge on any atom is -0.374 e. The second-order valence-corrected chi connectivity index (χ2v) is 7.29. The van der Waals surface area contributed by atoms with E-state index in [9.17, 15) is 4.79 Å². The van der Waals surface area contributed by atoms with Crippen molar-refractivity contribution in [2.45, 2.75) is 38.0 Å². The highest BCUT2D eigenvalue weighted by Crippen LogP contribution is 2.39. The number of amides is 1. The Morgan fingerprint density at radius 3 is 2.92 bits per heavy atom. The Morgan fingerprint density at radius 1 is 1.33 bits per heavy atom. The van der Waals surface area contributed by atoms with Gasteiger partial charge < -0.3 is 19.5 Å². The van der Waals surface area contributed by atoms with Crippen LogP contribution in [0, 0.1) is 5.92 Å². The lowest BCUT2D eigenvalue weighted by molar-refractivity contribution is -0.121. The molecule has 2 aromatic rings. The van der Waals surface area contributed by atoms with E-state index in [1.54, 1.807) is 0 Å². The summed E-state index contributed by atoms with van der Waals surface area (Å²) in [6.45, 7) is 1.93. The van der Waals surface area contributed by atoms with Crippen LogP contribution in [0.15, 0.2) is 30.5 Å². The lowest BCUT2D eigenvalue weighted by atomic mass is 9.88. The summed E-state index contributed by atoms with van der Waals surface area (Å²) in [6, 6.07) is 8.27. The number of nitrogens with zero attached hydrogens (tertiary/aromatic N) is 2. The Hall–Kier alpha value is -1.85. The van der Waals surface area contributed by atoms with Crippen LogP contribution in [0.3, 0.4) is 0 Å². The van der Waals surface area contributed by atoms with Gasteiger partial charge in [-0.25, -0.2) is 0 Å². The SMILES string of the molecule is CN(C)CCn1ccc2ccc(NC(=O)[C@H]3C[C@H]4CC[C@H]3O4)cc21.